The molecule has 7 heteroatoms. The van der Waals surface area contributed by atoms with Crippen molar-refractivity contribution in [2.24, 2.45) is 5.92 Å². The Bertz CT molecular complexity index is 471. The minimum absolute atomic E-state index is 0.278. The summed E-state index contributed by atoms with van der Waals surface area (Å²) < 4.78 is 27.7. The second kappa shape index (κ2) is 5.38. The number of imidazole rings is 1. The van der Waals surface area contributed by atoms with E-state index < -0.39 is 10.2 Å². The molecular formula is C11H20N4O2S. The summed E-state index contributed by atoms with van der Waals surface area (Å²) in [5, 5.41) is 0. The van der Waals surface area contributed by atoms with Crippen LogP contribution in [0.4, 0.5) is 0 Å². The number of hydrogen-bond acceptors (Lipinski definition) is 3. The van der Waals surface area contributed by atoms with Crippen molar-refractivity contribution in [1.29, 1.82) is 0 Å². The lowest BCUT2D eigenvalue weighted by molar-refractivity contribution is 0.262. The molecule has 1 atom stereocenters. The Hall–Kier alpha value is -0.920. The zero-order chi connectivity index (χ0) is 13.2. The fourth-order valence-electron chi connectivity index (χ4n) is 2.23. The molecule has 1 aliphatic rings. The zero-order valence-electron chi connectivity index (χ0n) is 10.8. The minimum atomic E-state index is -3.36. The van der Waals surface area contributed by atoms with E-state index in [9.17, 15) is 8.42 Å². The normalized spacial score (nSPS) is 22.5. The van der Waals surface area contributed by atoms with Crippen LogP contribution in [0, 0.1) is 5.92 Å². The average Bonchev–Trinajstić information content (AvgIpc) is 2.81. The average molecular weight is 272 g/mol. The van der Waals surface area contributed by atoms with E-state index in [0.717, 1.165) is 12.8 Å². The SMILES string of the molecule is CC1CCCN(S(=O)(=O)N(C)Cc2ncc[nH]2)C1. The summed E-state index contributed by atoms with van der Waals surface area (Å²) in [5.74, 6) is 1.09. The summed E-state index contributed by atoms with van der Waals surface area (Å²) in [6.07, 6.45) is 5.36. The number of aromatic nitrogens is 2. The lowest BCUT2D eigenvalue weighted by Crippen LogP contribution is -2.46. The van der Waals surface area contributed by atoms with Gasteiger partial charge in [-0.2, -0.15) is 17.0 Å². The van der Waals surface area contributed by atoms with Gasteiger partial charge < -0.3 is 4.98 Å². The van der Waals surface area contributed by atoms with E-state index in [-0.39, 0.29) is 6.54 Å². The number of aromatic amines is 1. The van der Waals surface area contributed by atoms with Crippen molar-refractivity contribution in [3.63, 3.8) is 0 Å². The van der Waals surface area contributed by atoms with Crippen LogP contribution >= 0.6 is 0 Å². The Kier molecular flexibility index (Phi) is 4.04. The van der Waals surface area contributed by atoms with E-state index in [1.807, 2.05) is 0 Å². The molecule has 0 aliphatic carbocycles. The van der Waals surface area contributed by atoms with E-state index in [2.05, 4.69) is 16.9 Å². The van der Waals surface area contributed by atoms with Crippen molar-refractivity contribution in [2.45, 2.75) is 26.3 Å². The molecule has 0 bridgehead atoms. The first-order chi connectivity index (χ1) is 8.50. The molecule has 1 aromatic rings. The zero-order valence-corrected chi connectivity index (χ0v) is 11.7. The van der Waals surface area contributed by atoms with Gasteiger partial charge in [0.15, 0.2) is 0 Å². The highest BCUT2D eigenvalue weighted by molar-refractivity contribution is 7.86. The van der Waals surface area contributed by atoms with Crippen LogP contribution in [0.1, 0.15) is 25.6 Å². The van der Waals surface area contributed by atoms with Gasteiger partial charge in [0.25, 0.3) is 10.2 Å². The van der Waals surface area contributed by atoms with Crippen LogP contribution in [0.2, 0.25) is 0 Å². The molecule has 1 unspecified atom stereocenters. The van der Waals surface area contributed by atoms with E-state index in [1.165, 1.54) is 4.31 Å². The largest absolute Gasteiger partial charge is 0.347 e. The van der Waals surface area contributed by atoms with Crippen molar-refractivity contribution in [2.75, 3.05) is 20.1 Å². The Morgan fingerprint density at radius 3 is 3.00 bits per heavy atom. The molecule has 6 nitrogen and oxygen atoms in total. The van der Waals surface area contributed by atoms with Crippen LogP contribution in [0.15, 0.2) is 12.4 Å². The highest BCUT2D eigenvalue weighted by Crippen LogP contribution is 2.20. The highest BCUT2D eigenvalue weighted by Gasteiger charge is 2.30. The van der Waals surface area contributed by atoms with Crippen LogP contribution in [0.3, 0.4) is 0 Å². The molecule has 0 spiro atoms. The van der Waals surface area contributed by atoms with Crippen molar-refractivity contribution < 1.29 is 8.42 Å². The van der Waals surface area contributed by atoms with Crippen LogP contribution in [-0.2, 0) is 16.8 Å². The van der Waals surface area contributed by atoms with Gasteiger partial charge in [-0.05, 0) is 18.8 Å². The van der Waals surface area contributed by atoms with Gasteiger partial charge in [-0.25, -0.2) is 4.98 Å². The number of hydrogen-bond donors (Lipinski definition) is 1. The maximum absolute atomic E-state index is 12.4. The second-order valence-corrected chi connectivity index (χ2v) is 6.94. The molecule has 0 radical (unpaired) electrons. The molecule has 1 saturated heterocycles. The van der Waals surface area contributed by atoms with E-state index in [0.29, 0.717) is 24.8 Å². The molecule has 1 aromatic heterocycles. The van der Waals surface area contributed by atoms with Gasteiger partial charge in [0.1, 0.15) is 5.82 Å². The van der Waals surface area contributed by atoms with Gasteiger partial charge in [-0.15, -0.1) is 0 Å². The van der Waals surface area contributed by atoms with Crippen LogP contribution in [0.5, 0.6) is 0 Å². The number of nitrogens with zero attached hydrogens (tertiary/aromatic N) is 3. The number of nitrogens with one attached hydrogen (secondary N) is 1. The molecule has 1 N–H and O–H groups in total. The monoisotopic (exact) mass is 272 g/mol. The van der Waals surface area contributed by atoms with Gasteiger partial charge in [0.05, 0.1) is 6.54 Å². The topological polar surface area (TPSA) is 69.3 Å². The highest BCUT2D eigenvalue weighted by atomic mass is 32.2. The summed E-state index contributed by atoms with van der Waals surface area (Å²) in [6, 6.07) is 0. The van der Waals surface area contributed by atoms with Crippen molar-refractivity contribution >= 4 is 10.2 Å². The Morgan fingerprint density at radius 1 is 1.61 bits per heavy atom. The molecule has 2 rings (SSSR count). The van der Waals surface area contributed by atoms with Crippen molar-refractivity contribution in [3.8, 4) is 0 Å². The third-order valence-electron chi connectivity index (χ3n) is 3.27. The van der Waals surface area contributed by atoms with Gasteiger partial charge in [-0.1, -0.05) is 6.92 Å². The molecule has 0 aromatic carbocycles. The van der Waals surface area contributed by atoms with Gasteiger partial charge in [0.2, 0.25) is 0 Å². The molecule has 0 saturated carbocycles. The maximum Gasteiger partial charge on any atom is 0.282 e. The number of H-pyrrole nitrogens is 1. The first-order valence-corrected chi connectivity index (χ1v) is 7.59. The van der Waals surface area contributed by atoms with Crippen molar-refractivity contribution in [3.05, 3.63) is 18.2 Å². The lowest BCUT2D eigenvalue weighted by atomic mass is 10.0. The third kappa shape index (κ3) is 2.90. The minimum Gasteiger partial charge on any atom is -0.347 e. The molecule has 1 aliphatic heterocycles. The van der Waals surface area contributed by atoms with Crippen LogP contribution in [-0.4, -0.2) is 47.1 Å². The standard InChI is InChI=1S/C11H20N4O2S/c1-10-4-3-7-15(8-10)18(16,17)14(2)9-11-12-5-6-13-11/h5-6,10H,3-4,7-9H2,1-2H3,(H,12,13). The maximum atomic E-state index is 12.4. The molecule has 2 heterocycles. The molecule has 1 fully saturated rings. The first kappa shape index (κ1) is 13.5. The summed E-state index contributed by atoms with van der Waals surface area (Å²) in [6.45, 7) is 3.61. The Labute approximate surface area is 108 Å². The molecule has 0 amide bonds. The van der Waals surface area contributed by atoms with Gasteiger partial charge in [0, 0.05) is 32.5 Å². The predicted octanol–water partition coefficient (Wildman–Crippen LogP) is 0.818. The first-order valence-electron chi connectivity index (χ1n) is 6.20. The van der Waals surface area contributed by atoms with Gasteiger partial charge >= 0.3 is 0 Å². The fourth-order valence-corrected chi connectivity index (χ4v) is 3.71. The van der Waals surface area contributed by atoms with E-state index >= 15 is 0 Å². The molecule has 18 heavy (non-hydrogen) atoms. The van der Waals surface area contributed by atoms with E-state index in [1.54, 1.807) is 23.7 Å². The Morgan fingerprint density at radius 2 is 2.39 bits per heavy atom. The van der Waals surface area contributed by atoms with Crippen LogP contribution < -0.4 is 0 Å². The number of rotatable bonds is 4. The quantitative estimate of drug-likeness (QED) is 0.882. The Balaban J connectivity index is 2.05. The summed E-state index contributed by atoms with van der Waals surface area (Å²) in [7, 11) is -1.77. The third-order valence-corrected chi connectivity index (χ3v) is 5.17. The predicted molar refractivity (Wildman–Crippen MR) is 68.9 cm³/mol. The van der Waals surface area contributed by atoms with E-state index in [4.69, 9.17) is 0 Å². The summed E-state index contributed by atoms with van der Waals surface area (Å²) >= 11 is 0. The lowest BCUT2D eigenvalue weighted by Gasteiger charge is -2.32. The summed E-state index contributed by atoms with van der Waals surface area (Å²) in [5.41, 5.74) is 0. The van der Waals surface area contributed by atoms with Crippen LogP contribution in [0.25, 0.3) is 0 Å². The van der Waals surface area contributed by atoms with Gasteiger partial charge in [-0.3, -0.25) is 0 Å². The molecule has 102 valence electrons. The number of piperidine rings is 1. The fraction of sp³-hybridized carbons (Fsp3) is 0.727. The van der Waals surface area contributed by atoms with Crippen molar-refractivity contribution in [1.82, 2.24) is 18.6 Å². The summed E-state index contributed by atoms with van der Waals surface area (Å²) in [4.78, 5) is 6.97. The smallest absolute Gasteiger partial charge is 0.282 e. The molecular weight excluding hydrogens is 252 g/mol. The second-order valence-electron chi connectivity index (χ2n) is 4.91.